The number of rotatable bonds is 4. The van der Waals surface area contributed by atoms with E-state index in [0.29, 0.717) is 10.5 Å². The van der Waals surface area contributed by atoms with Crippen LogP contribution in [-0.2, 0) is 6.54 Å². The van der Waals surface area contributed by atoms with E-state index in [2.05, 4.69) is 11.2 Å². The van der Waals surface area contributed by atoms with Crippen LogP contribution in [-0.4, -0.2) is 40.6 Å². The third-order valence-corrected chi connectivity index (χ3v) is 5.36. The molecule has 3 nitrogen and oxygen atoms in total. The lowest BCUT2D eigenvalue weighted by Gasteiger charge is -2.40. The summed E-state index contributed by atoms with van der Waals surface area (Å²) in [6, 6.07) is 7.50. The zero-order valence-corrected chi connectivity index (χ0v) is 11.7. The summed E-state index contributed by atoms with van der Waals surface area (Å²) in [7, 11) is 0. The van der Waals surface area contributed by atoms with Crippen molar-refractivity contribution in [2.24, 2.45) is 5.73 Å². The van der Waals surface area contributed by atoms with Gasteiger partial charge in [-0.15, -0.1) is 0 Å². The molecule has 0 atom stereocenters. The Kier molecular flexibility index (Phi) is 4.54. The maximum absolute atomic E-state index is 9.26. The number of aromatic hydroxyl groups is 1. The van der Waals surface area contributed by atoms with Gasteiger partial charge in [-0.2, -0.15) is 11.8 Å². The van der Waals surface area contributed by atoms with E-state index in [1.165, 1.54) is 18.4 Å². The number of likely N-dealkylation sites (tertiary alicyclic amines) is 1. The van der Waals surface area contributed by atoms with Crippen molar-refractivity contribution in [3.8, 4) is 5.75 Å². The Morgan fingerprint density at radius 3 is 2.39 bits per heavy atom. The van der Waals surface area contributed by atoms with Crippen molar-refractivity contribution in [3.05, 3.63) is 29.8 Å². The van der Waals surface area contributed by atoms with E-state index < -0.39 is 0 Å². The topological polar surface area (TPSA) is 49.5 Å². The first-order chi connectivity index (χ1) is 8.67. The first-order valence-corrected chi connectivity index (χ1v) is 7.65. The van der Waals surface area contributed by atoms with Crippen molar-refractivity contribution in [1.29, 1.82) is 0 Å². The molecule has 2 rings (SSSR count). The Balaban J connectivity index is 1.88. The number of phenols is 1. The van der Waals surface area contributed by atoms with Crippen LogP contribution in [0.1, 0.15) is 18.4 Å². The zero-order chi connectivity index (χ0) is 13.0. The third kappa shape index (κ3) is 3.19. The van der Waals surface area contributed by atoms with Gasteiger partial charge in [-0.05, 0) is 49.9 Å². The van der Waals surface area contributed by atoms with Gasteiger partial charge in [0.1, 0.15) is 5.75 Å². The van der Waals surface area contributed by atoms with Crippen molar-refractivity contribution >= 4 is 11.8 Å². The molecule has 0 saturated carbocycles. The van der Waals surface area contributed by atoms with Crippen LogP contribution in [0.5, 0.6) is 5.75 Å². The molecule has 1 aliphatic rings. The van der Waals surface area contributed by atoms with E-state index in [1.54, 1.807) is 12.1 Å². The molecule has 1 aromatic carbocycles. The largest absolute Gasteiger partial charge is 0.508 e. The minimum atomic E-state index is 0.297. The summed E-state index contributed by atoms with van der Waals surface area (Å²) in [4.78, 5) is 2.47. The minimum Gasteiger partial charge on any atom is -0.508 e. The highest BCUT2D eigenvalue weighted by atomic mass is 32.2. The van der Waals surface area contributed by atoms with Crippen LogP contribution in [0.2, 0.25) is 0 Å². The van der Waals surface area contributed by atoms with Crippen LogP contribution in [0.15, 0.2) is 24.3 Å². The summed E-state index contributed by atoms with van der Waals surface area (Å²) in [5.41, 5.74) is 7.16. The summed E-state index contributed by atoms with van der Waals surface area (Å²) in [5.74, 6) is 0.335. The fourth-order valence-corrected chi connectivity index (χ4v) is 3.23. The molecule has 0 radical (unpaired) electrons. The molecular formula is C14H22N2OS. The van der Waals surface area contributed by atoms with Crippen LogP contribution in [0.3, 0.4) is 0 Å². The highest BCUT2D eigenvalue weighted by molar-refractivity contribution is 8.00. The van der Waals surface area contributed by atoms with E-state index in [0.717, 1.165) is 26.2 Å². The van der Waals surface area contributed by atoms with Gasteiger partial charge in [0.25, 0.3) is 0 Å². The SMILES string of the molecule is CSC1(CN)CCN(Cc2ccc(O)cc2)CC1. The lowest BCUT2D eigenvalue weighted by molar-refractivity contribution is 0.195. The van der Waals surface area contributed by atoms with Crippen molar-refractivity contribution in [2.45, 2.75) is 24.1 Å². The first kappa shape index (κ1) is 13.7. The molecule has 0 amide bonds. The average Bonchev–Trinajstić information content (AvgIpc) is 2.43. The predicted molar refractivity (Wildman–Crippen MR) is 77.9 cm³/mol. The van der Waals surface area contributed by atoms with Crippen LogP contribution in [0.25, 0.3) is 0 Å². The van der Waals surface area contributed by atoms with Gasteiger partial charge in [-0.3, -0.25) is 4.90 Å². The molecule has 0 unspecified atom stereocenters. The number of piperidine rings is 1. The van der Waals surface area contributed by atoms with Crippen LogP contribution in [0.4, 0.5) is 0 Å². The molecule has 1 heterocycles. The van der Waals surface area contributed by atoms with Crippen molar-refractivity contribution in [2.75, 3.05) is 25.9 Å². The average molecular weight is 266 g/mol. The quantitative estimate of drug-likeness (QED) is 0.876. The lowest BCUT2D eigenvalue weighted by Crippen LogP contribution is -2.46. The van der Waals surface area contributed by atoms with E-state index in [-0.39, 0.29) is 0 Å². The van der Waals surface area contributed by atoms with Gasteiger partial charge in [0.05, 0.1) is 0 Å². The molecule has 1 aliphatic heterocycles. The summed E-state index contributed by atoms with van der Waals surface area (Å²) in [6.07, 6.45) is 4.51. The number of thioether (sulfide) groups is 1. The molecule has 0 aromatic heterocycles. The number of phenolic OH excluding ortho intramolecular Hbond substituents is 1. The van der Waals surface area contributed by atoms with Crippen LogP contribution in [0, 0.1) is 0 Å². The fraction of sp³-hybridized carbons (Fsp3) is 0.571. The van der Waals surface area contributed by atoms with Crippen molar-refractivity contribution < 1.29 is 5.11 Å². The van der Waals surface area contributed by atoms with Gasteiger partial charge in [0.15, 0.2) is 0 Å². The number of hydrogen-bond acceptors (Lipinski definition) is 4. The summed E-state index contributed by atoms with van der Waals surface area (Å²) in [5, 5.41) is 9.26. The highest BCUT2D eigenvalue weighted by Crippen LogP contribution is 2.33. The summed E-state index contributed by atoms with van der Waals surface area (Å²) in [6.45, 7) is 3.97. The molecule has 18 heavy (non-hydrogen) atoms. The maximum atomic E-state index is 9.26. The Hall–Kier alpha value is -0.710. The molecule has 0 aliphatic carbocycles. The second-order valence-corrected chi connectivity index (χ2v) is 6.31. The number of nitrogens with zero attached hydrogens (tertiary/aromatic N) is 1. The van der Waals surface area contributed by atoms with E-state index in [1.807, 2.05) is 23.9 Å². The van der Waals surface area contributed by atoms with Gasteiger partial charge < -0.3 is 10.8 Å². The monoisotopic (exact) mass is 266 g/mol. The van der Waals surface area contributed by atoms with Crippen LogP contribution < -0.4 is 5.73 Å². The molecular weight excluding hydrogens is 244 g/mol. The fourth-order valence-electron chi connectivity index (χ4n) is 2.47. The smallest absolute Gasteiger partial charge is 0.115 e. The lowest BCUT2D eigenvalue weighted by atomic mass is 9.95. The second kappa shape index (κ2) is 5.95. The normalized spacial score (nSPS) is 19.9. The number of benzene rings is 1. The molecule has 1 aromatic rings. The molecule has 3 N–H and O–H groups in total. The number of nitrogens with two attached hydrogens (primary N) is 1. The molecule has 1 saturated heterocycles. The summed E-state index contributed by atoms with van der Waals surface area (Å²) >= 11 is 1.92. The molecule has 4 heteroatoms. The van der Waals surface area contributed by atoms with Gasteiger partial charge in [0, 0.05) is 17.8 Å². The molecule has 0 spiro atoms. The second-order valence-electron chi connectivity index (χ2n) is 5.03. The number of hydrogen-bond donors (Lipinski definition) is 2. The molecule has 1 fully saturated rings. The molecule has 100 valence electrons. The zero-order valence-electron chi connectivity index (χ0n) is 10.9. The Morgan fingerprint density at radius 2 is 1.89 bits per heavy atom. The van der Waals surface area contributed by atoms with Gasteiger partial charge >= 0.3 is 0 Å². The first-order valence-electron chi connectivity index (χ1n) is 6.43. The van der Waals surface area contributed by atoms with E-state index in [9.17, 15) is 5.11 Å². The Bertz CT molecular complexity index is 366. The van der Waals surface area contributed by atoms with E-state index in [4.69, 9.17) is 5.73 Å². The highest BCUT2D eigenvalue weighted by Gasteiger charge is 2.32. The maximum Gasteiger partial charge on any atom is 0.115 e. The van der Waals surface area contributed by atoms with Crippen molar-refractivity contribution in [1.82, 2.24) is 4.90 Å². The third-order valence-electron chi connectivity index (χ3n) is 3.91. The minimum absolute atomic E-state index is 0.297. The van der Waals surface area contributed by atoms with Gasteiger partial charge in [-0.25, -0.2) is 0 Å². The van der Waals surface area contributed by atoms with Crippen LogP contribution >= 0.6 is 11.8 Å². The predicted octanol–water partition coefficient (Wildman–Crippen LogP) is 2.05. The van der Waals surface area contributed by atoms with E-state index >= 15 is 0 Å². The van der Waals surface area contributed by atoms with Crippen molar-refractivity contribution in [3.63, 3.8) is 0 Å². The Morgan fingerprint density at radius 1 is 1.28 bits per heavy atom. The standard InChI is InChI=1S/C14H22N2OS/c1-18-14(11-15)6-8-16(9-7-14)10-12-2-4-13(17)5-3-12/h2-5,17H,6-11,15H2,1H3. The van der Waals surface area contributed by atoms with Gasteiger partial charge in [-0.1, -0.05) is 12.1 Å². The van der Waals surface area contributed by atoms with Gasteiger partial charge in [0.2, 0.25) is 0 Å². The molecule has 0 bridgehead atoms. The Labute approximate surface area is 113 Å². The summed E-state index contributed by atoms with van der Waals surface area (Å²) < 4.78 is 0.297.